The van der Waals surface area contributed by atoms with Crippen LogP contribution in [-0.4, -0.2) is 11.1 Å². The Morgan fingerprint density at radius 3 is 1.09 bits per heavy atom. The second-order valence-corrected chi connectivity index (χ2v) is 6.80. The standard InChI is InChI=1S/C20H40O2.ClH/c1-2-3-4-5-6-7-8-9-10-11-12-13-14-15-16-17-18-19-20(21)22;/h2-19H2,1H3,(H,21,22);1H. The molecule has 2 nitrogen and oxygen atoms in total. The third kappa shape index (κ3) is 24.1. The van der Waals surface area contributed by atoms with Gasteiger partial charge >= 0.3 is 5.97 Å². The quantitative estimate of drug-likeness (QED) is 0.260. The van der Waals surface area contributed by atoms with Crippen LogP contribution < -0.4 is 0 Å². The number of carboxylic acid groups (broad SMARTS) is 1. The SMILES string of the molecule is CCCCCCCCCCCCCCCCCCCC(=O)O.Cl. The Labute approximate surface area is 151 Å². The lowest BCUT2D eigenvalue weighted by Gasteiger charge is -2.03. The summed E-state index contributed by atoms with van der Waals surface area (Å²) >= 11 is 0. The van der Waals surface area contributed by atoms with Gasteiger partial charge in [0.25, 0.3) is 0 Å². The highest BCUT2D eigenvalue weighted by Crippen LogP contribution is 2.14. The average molecular weight is 349 g/mol. The molecule has 0 aromatic rings. The molecule has 0 rings (SSSR count). The molecule has 0 bridgehead atoms. The first-order valence-electron chi connectivity index (χ1n) is 9.99. The number of unbranched alkanes of at least 4 members (excludes halogenated alkanes) is 16. The van der Waals surface area contributed by atoms with Crippen LogP contribution in [-0.2, 0) is 4.79 Å². The second kappa shape index (κ2) is 21.8. The van der Waals surface area contributed by atoms with Gasteiger partial charge in [0.15, 0.2) is 0 Å². The minimum absolute atomic E-state index is 0. The first-order chi connectivity index (χ1) is 10.8. The molecule has 0 atom stereocenters. The first-order valence-corrected chi connectivity index (χ1v) is 9.99. The van der Waals surface area contributed by atoms with Crippen molar-refractivity contribution in [1.82, 2.24) is 0 Å². The third-order valence-corrected chi connectivity index (χ3v) is 4.49. The minimum Gasteiger partial charge on any atom is -0.481 e. The van der Waals surface area contributed by atoms with Gasteiger partial charge in [-0.2, -0.15) is 0 Å². The van der Waals surface area contributed by atoms with Gasteiger partial charge in [0, 0.05) is 6.42 Å². The van der Waals surface area contributed by atoms with Crippen LogP contribution in [0, 0.1) is 0 Å². The first kappa shape index (κ1) is 25.0. The van der Waals surface area contributed by atoms with Crippen molar-refractivity contribution < 1.29 is 9.90 Å². The molecule has 0 saturated heterocycles. The Bertz CT molecular complexity index is 232. The Kier molecular flexibility index (Phi) is 23.7. The summed E-state index contributed by atoms with van der Waals surface area (Å²) in [7, 11) is 0. The maximum atomic E-state index is 10.4. The summed E-state index contributed by atoms with van der Waals surface area (Å²) in [4.78, 5) is 10.4. The molecule has 0 aliphatic carbocycles. The highest BCUT2D eigenvalue weighted by molar-refractivity contribution is 5.85. The van der Waals surface area contributed by atoms with Crippen LogP contribution >= 0.6 is 12.4 Å². The normalized spacial score (nSPS) is 10.5. The van der Waals surface area contributed by atoms with E-state index in [9.17, 15) is 4.79 Å². The summed E-state index contributed by atoms with van der Waals surface area (Å²) in [6.07, 6.45) is 23.1. The predicted molar refractivity (Wildman–Crippen MR) is 104 cm³/mol. The summed E-state index contributed by atoms with van der Waals surface area (Å²) in [6.45, 7) is 2.28. The van der Waals surface area contributed by atoms with Crippen LogP contribution in [0.3, 0.4) is 0 Å². The van der Waals surface area contributed by atoms with E-state index < -0.39 is 5.97 Å². The van der Waals surface area contributed by atoms with E-state index in [-0.39, 0.29) is 12.4 Å². The van der Waals surface area contributed by atoms with Gasteiger partial charge in [0.1, 0.15) is 0 Å². The Morgan fingerprint density at radius 1 is 0.565 bits per heavy atom. The van der Waals surface area contributed by atoms with E-state index in [2.05, 4.69) is 6.92 Å². The molecule has 0 fully saturated rings. The molecular weight excluding hydrogens is 308 g/mol. The lowest BCUT2D eigenvalue weighted by atomic mass is 10.0. The predicted octanol–water partition coefficient (Wildman–Crippen LogP) is 7.53. The topological polar surface area (TPSA) is 37.3 Å². The van der Waals surface area contributed by atoms with Crippen LogP contribution in [0.25, 0.3) is 0 Å². The van der Waals surface area contributed by atoms with Gasteiger partial charge in [-0.15, -0.1) is 12.4 Å². The molecule has 140 valence electrons. The summed E-state index contributed by atoms with van der Waals surface area (Å²) < 4.78 is 0. The maximum absolute atomic E-state index is 10.4. The maximum Gasteiger partial charge on any atom is 0.303 e. The zero-order valence-corrected chi connectivity index (χ0v) is 16.3. The Balaban J connectivity index is 0. The summed E-state index contributed by atoms with van der Waals surface area (Å²) in [5.74, 6) is -0.652. The zero-order valence-electron chi connectivity index (χ0n) is 15.5. The average Bonchev–Trinajstić information content (AvgIpc) is 2.50. The van der Waals surface area contributed by atoms with Gasteiger partial charge in [0.05, 0.1) is 0 Å². The zero-order chi connectivity index (χ0) is 16.3. The molecule has 0 radical (unpaired) electrons. The lowest BCUT2D eigenvalue weighted by Crippen LogP contribution is -1.93. The van der Waals surface area contributed by atoms with Crippen molar-refractivity contribution in [3.05, 3.63) is 0 Å². The molecule has 0 unspecified atom stereocenters. The largest absolute Gasteiger partial charge is 0.481 e. The van der Waals surface area contributed by atoms with Gasteiger partial charge in [-0.25, -0.2) is 0 Å². The molecule has 1 N–H and O–H groups in total. The van der Waals surface area contributed by atoms with E-state index in [0.29, 0.717) is 6.42 Å². The van der Waals surface area contributed by atoms with Gasteiger partial charge in [0.2, 0.25) is 0 Å². The monoisotopic (exact) mass is 348 g/mol. The van der Waals surface area contributed by atoms with Crippen molar-refractivity contribution in [3.63, 3.8) is 0 Å². The highest BCUT2D eigenvalue weighted by atomic mass is 35.5. The molecule has 0 aliphatic heterocycles. The van der Waals surface area contributed by atoms with Crippen molar-refractivity contribution in [2.24, 2.45) is 0 Å². The van der Waals surface area contributed by atoms with Crippen LogP contribution in [0.2, 0.25) is 0 Å². The van der Waals surface area contributed by atoms with Crippen LogP contribution in [0.15, 0.2) is 0 Å². The Hall–Kier alpha value is -0.240. The fraction of sp³-hybridized carbons (Fsp3) is 0.950. The Morgan fingerprint density at radius 2 is 0.826 bits per heavy atom. The van der Waals surface area contributed by atoms with E-state index in [1.165, 1.54) is 96.3 Å². The summed E-state index contributed by atoms with van der Waals surface area (Å²) in [6, 6.07) is 0. The van der Waals surface area contributed by atoms with Gasteiger partial charge in [-0.1, -0.05) is 110 Å². The van der Waals surface area contributed by atoms with Gasteiger partial charge in [-0.3, -0.25) is 4.79 Å². The van der Waals surface area contributed by atoms with Crippen molar-refractivity contribution in [2.45, 2.75) is 122 Å². The molecule has 0 heterocycles. The summed E-state index contributed by atoms with van der Waals surface area (Å²) in [5.41, 5.74) is 0. The fourth-order valence-corrected chi connectivity index (χ4v) is 3.00. The molecule has 23 heavy (non-hydrogen) atoms. The van der Waals surface area contributed by atoms with E-state index in [4.69, 9.17) is 5.11 Å². The van der Waals surface area contributed by atoms with Crippen molar-refractivity contribution in [2.75, 3.05) is 0 Å². The smallest absolute Gasteiger partial charge is 0.303 e. The van der Waals surface area contributed by atoms with Crippen LogP contribution in [0.1, 0.15) is 122 Å². The van der Waals surface area contributed by atoms with E-state index in [0.717, 1.165) is 12.8 Å². The van der Waals surface area contributed by atoms with Gasteiger partial charge < -0.3 is 5.11 Å². The lowest BCUT2D eigenvalue weighted by molar-refractivity contribution is -0.137. The minimum atomic E-state index is -0.652. The molecule has 0 saturated carbocycles. The number of halogens is 1. The summed E-state index contributed by atoms with van der Waals surface area (Å²) in [5, 5.41) is 8.54. The number of rotatable bonds is 18. The molecule has 3 heteroatoms. The van der Waals surface area contributed by atoms with E-state index in [1.54, 1.807) is 0 Å². The molecule has 0 amide bonds. The van der Waals surface area contributed by atoms with E-state index >= 15 is 0 Å². The number of aliphatic carboxylic acids is 1. The second-order valence-electron chi connectivity index (χ2n) is 6.80. The molecule has 0 spiro atoms. The van der Waals surface area contributed by atoms with E-state index in [1.807, 2.05) is 0 Å². The number of hydrogen-bond acceptors (Lipinski definition) is 1. The van der Waals surface area contributed by atoms with Crippen molar-refractivity contribution >= 4 is 18.4 Å². The number of carboxylic acids is 1. The molecule has 0 aromatic heterocycles. The van der Waals surface area contributed by atoms with Crippen LogP contribution in [0.5, 0.6) is 0 Å². The molecule has 0 aromatic carbocycles. The third-order valence-electron chi connectivity index (χ3n) is 4.49. The van der Waals surface area contributed by atoms with Crippen molar-refractivity contribution in [3.8, 4) is 0 Å². The highest BCUT2D eigenvalue weighted by Gasteiger charge is 1.97. The van der Waals surface area contributed by atoms with Gasteiger partial charge in [-0.05, 0) is 6.42 Å². The number of hydrogen-bond donors (Lipinski definition) is 1. The molecule has 0 aliphatic rings. The fourth-order valence-electron chi connectivity index (χ4n) is 3.00. The number of carbonyl (C=O) groups is 1. The molecular formula is C20H41ClO2. The van der Waals surface area contributed by atoms with Crippen LogP contribution in [0.4, 0.5) is 0 Å². The van der Waals surface area contributed by atoms with Crippen molar-refractivity contribution in [1.29, 1.82) is 0 Å².